The van der Waals surface area contributed by atoms with Gasteiger partial charge in [-0.05, 0) is 31.4 Å². The van der Waals surface area contributed by atoms with Gasteiger partial charge in [0.2, 0.25) is 0 Å². The van der Waals surface area contributed by atoms with Crippen LogP contribution in [0.4, 0.5) is 5.82 Å². The number of nitrogens with zero attached hydrogens (tertiary/aromatic N) is 1. The van der Waals surface area contributed by atoms with Gasteiger partial charge in [-0.2, -0.15) is 0 Å². The van der Waals surface area contributed by atoms with Crippen LogP contribution in [0.1, 0.15) is 28.8 Å². The van der Waals surface area contributed by atoms with Gasteiger partial charge in [0.25, 0.3) is 0 Å². The van der Waals surface area contributed by atoms with Crippen molar-refractivity contribution in [3.8, 4) is 0 Å². The lowest BCUT2D eigenvalue weighted by Gasteiger charge is -2.17. The van der Waals surface area contributed by atoms with Crippen LogP contribution >= 0.6 is 0 Å². The first-order valence-electron chi connectivity index (χ1n) is 5.16. The molecule has 0 radical (unpaired) electrons. The summed E-state index contributed by atoms with van der Waals surface area (Å²) < 4.78 is 0. The van der Waals surface area contributed by atoms with Gasteiger partial charge in [-0.15, -0.1) is 0 Å². The van der Waals surface area contributed by atoms with Crippen LogP contribution in [0, 0.1) is 6.92 Å². The number of rotatable bonds is 4. The molecule has 1 aliphatic carbocycles. The Hall–Kier alpha value is -1.62. The van der Waals surface area contributed by atoms with Crippen LogP contribution in [-0.4, -0.2) is 33.3 Å². The van der Waals surface area contributed by atoms with Crippen LogP contribution in [0.25, 0.3) is 0 Å². The second-order valence-electron chi connectivity index (χ2n) is 4.22. The summed E-state index contributed by atoms with van der Waals surface area (Å²) in [6.45, 7) is 1.73. The van der Waals surface area contributed by atoms with Crippen LogP contribution in [-0.2, 0) is 0 Å². The van der Waals surface area contributed by atoms with E-state index in [1.54, 1.807) is 19.2 Å². The van der Waals surface area contributed by atoms with Gasteiger partial charge in [0.05, 0.1) is 12.1 Å². The molecule has 0 bridgehead atoms. The van der Waals surface area contributed by atoms with E-state index in [1.165, 1.54) is 0 Å². The number of anilines is 1. The Labute approximate surface area is 93.1 Å². The van der Waals surface area contributed by atoms with Gasteiger partial charge in [0.15, 0.2) is 0 Å². The zero-order valence-corrected chi connectivity index (χ0v) is 9.03. The van der Waals surface area contributed by atoms with Crippen LogP contribution in [0.5, 0.6) is 0 Å². The van der Waals surface area contributed by atoms with Gasteiger partial charge in [0.1, 0.15) is 11.4 Å². The third-order valence-electron chi connectivity index (χ3n) is 2.91. The Morgan fingerprint density at radius 1 is 1.62 bits per heavy atom. The van der Waals surface area contributed by atoms with Crippen molar-refractivity contribution < 1.29 is 15.0 Å². The first kappa shape index (κ1) is 10.9. The van der Waals surface area contributed by atoms with Crippen molar-refractivity contribution in [3.05, 3.63) is 23.4 Å². The van der Waals surface area contributed by atoms with Crippen LogP contribution < -0.4 is 5.32 Å². The van der Waals surface area contributed by atoms with Gasteiger partial charge in [-0.25, -0.2) is 9.78 Å². The molecular formula is C11H14N2O3. The summed E-state index contributed by atoms with van der Waals surface area (Å²) in [4.78, 5) is 15.1. The third-order valence-corrected chi connectivity index (χ3v) is 2.91. The Morgan fingerprint density at radius 2 is 2.31 bits per heavy atom. The predicted octanol–water partition coefficient (Wildman–Crippen LogP) is 1.03. The predicted molar refractivity (Wildman–Crippen MR) is 58.6 cm³/mol. The van der Waals surface area contributed by atoms with Gasteiger partial charge in [-0.1, -0.05) is 0 Å². The molecule has 2 rings (SSSR count). The van der Waals surface area contributed by atoms with Crippen LogP contribution in [0.15, 0.2) is 12.3 Å². The highest BCUT2D eigenvalue weighted by Gasteiger charge is 2.43. The number of hydrogen-bond acceptors (Lipinski definition) is 4. The highest BCUT2D eigenvalue weighted by molar-refractivity contribution is 5.94. The van der Waals surface area contributed by atoms with E-state index in [4.69, 9.17) is 5.11 Å². The van der Waals surface area contributed by atoms with Crippen molar-refractivity contribution >= 4 is 11.8 Å². The summed E-state index contributed by atoms with van der Waals surface area (Å²) >= 11 is 0. The molecule has 1 saturated carbocycles. The van der Waals surface area contributed by atoms with Crippen molar-refractivity contribution in [1.82, 2.24) is 4.98 Å². The molecule has 5 nitrogen and oxygen atoms in total. The Kier molecular flexibility index (Phi) is 2.55. The lowest BCUT2D eigenvalue weighted by molar-refractivity contribution is 0.0696. The second kappa shape index (κ2) is 3.75. The average Bonchev–Trinajstić information content (AvgIpc) is 2.98. The summed E-state index contributed by atoms with van der Waals surface area (Å²) in [6.07, 6.45) is 3.26. The minimum Gasteiger partial charge on any atom is -0.478 e. The molecule has 0 aromatic carbocycles. The smallest absolute Gasteiger partial charge is 0.339 e. The zero-order chi connectivity index (χ0) is 11.8. The van der Waals surface area contributed by atoms with Gasteiger partial charge < -0.3 is 15.5 Å². The molecule has 0 aliphatic heterocycles. The zero-order valence-electron chi connectivity index (χ0n) is 9.03. The molecule has 0 unspecified atom stereocenters. The molecule has 16 heavy (non-hydrogen) atoms. The topological polar surface area (TPSA) is 82.5 Å². The van der Waals surface area contributed by atoms with Gasteiger partial charge in [-0.3, -0.25) is 0 Å². The molecule has 0 atom stereocenters. The maximum absolute atomic E-state index is 11.1. The summed E-state index contributed by atoms with van der Waals surface area (Å²) in [5.41, 5.74) is 0.492. The van der Waals surface area contributed by atoms with E-state index in [2.05, 4.69) is 10.3 Å². The molecule has 86 valence electrons. The van der Waals surface area contributed by atoms with E-state index in [-0.39, 0.29) is 17.7 Å². The Morgan fingerprint density at radius 3 is 2.81 bits per heavy atom. The van der Waals surface area contributed by atoms with Crippen LogP contribution in [0.2, 0.25) is 0 Å². The molecule has 1 aromatic rings. The van der Waals surface area contributed by atoms with Crippen molar-refractivity contribution in [2.24, 2.45) is 0 Å². The SMILES string of the molecule is Cc1ccnc(NC2(CO)CC2)c1C(=O)O. The molecule has 0 saturated heterocycles. The normalized spacial score (nSPS) is 16.9. The monoisotopic (exact) mass is 222 g/mol. The molecule has 0 spiro atoms. The molecule has 1 heterocycles. The number of aliphatic hydroxyl groups is 1. The number of aromatic carboxylic acids is 1. The van der Waals surface area contributed by atoms with Gasteiger partial charge >= 0.3 is 5.97 Å². The van der Waals surface area contributed by atoms with Crippen molar-refractivity contribution in [1.29, 1.82) is 0 Å². The fourth-order valence-electron chi connectivity index (χ4n) is 1.65. The second-order valence-corrected chi connectivity index (χ2v) is 4.22. The fourth-order valence-corrected chi connectivity index (χ4v) is 1.65. The summed E-state index contributed by atoms with van der Waals surface area (Å²) in [6, 6.07) is 1.66. The number of carbonyl (C=O) groups is 1. The Balaban J connectivity index is 2.33. The quantitative estimate of drug-likeness (QED) is 0.708. The lowest BCUT2D eigenvalue weighted by atomic mass is 10.1. The number of pyridine rings is 1. The number of aromatic nitrogens is 1. The van der Waals surface area contributed by atoms with Crippen molar-refractivity contribution in [3.63, 3.8) is 0 Å². The largest absolute Gasteiger partial charge is 0.478 e. The summed E-state index contributed by atoms with van der Waals surface area (Å²) in [7, 11) is 0. The van der Waals surface area contributed by atoms with E-state index >= 15 is 0 Å². The number of nitrogens with one attached hydrogen (secondary N) is 1. The minimum absolute atomic E-state index is 0.00167. The number of carboxylic acids is 1. The van der Waals surface area contributed by atoms with E-state index in [1.807, 2.05) is 0 Å². The van der Waals surface area contributed by atoms with E-state index in [0.717, 1.165) is 12.8 Å². The lowest BCUT2D eigenvalue weighted by Crippen LogP contribution is -2.27. The fraction of sp³-hybridized carbons (Fsp3) is 0.455. The molecule has 5 heteroatoms. The molecule has 3 N–H and O–H groups in total. The molecule has 1 aromatic heterocycles. The molecule has 1 fully saturated rings. The summed E-state index contributed by atoms with van der Waals surface area (Å²) in [5, 5.41) is 21.3. The third kappa shape index (κ3) is 1.86. The maximum Gasteiger partial charge on any atom is 0.339 e. The average molecular weight is 222 g/mol. The standard InChI is InChI=1S/C11H14N2O3/c1-7-2-5-12-9(8(7)10(15)16)13-11(6-14)3-4-11/h2,5,14H,3-4,6H2,1H3,(H,12,13)(H,15,16). The molecule has 0 amide bonds. The van der Waals surface area contributed by atoms with E-state index in [9.17, 15) is 9.90 Å². The number of hydrogen-bond donors (Lipinski definition) is 3. The van der Waals surface area contributed by atoms with Crippen LogP contribution in [0.3, 0.4) is 0 Å². The Bertz CT molecular complexity index is 427. The van der Waals surface area contributed by atoms with Crippen molar-refractivity contribution in [2.45, 2.75) is 25.3 Å². The molecular weight excluding hydrogens is 208 g/mol. The minimum atomic E-state index is -0.998. The number of aryl methyl sites for hydroxylation is 1. The van der Waals surface area contributed by atoms with Gasteiger partial charge in [0, 0.05) is 6.20 Å². The highest BCUT2D eigenvalue weighted by atomic mass is 16.4. The summed E-state index contributed by atoms with van der Waals surface area (Å²) in [5.74, 6) is -0.652. The first-order valence-corrected chi connectivity index (χ1v) is 5.16. The van der Waals surface area contributed by atoms with Crippen molar-refractivity contribution in [2.75, 3.05) is 11.9 Å². The van der Waals surface area contributed by atoms with E-state index < -0.39 is 5.97 Å². The maximum atomic E-state index is 11.1. The molecule has 1 aliphatic rings. The number of aliphatic hydroxyl groups excluding tert-OH is 1. The van der Waals surface area contributed by atoms with E-state index in [0.29, 0.717) is 11.4 Å². The first-order chi connectivity index (χ1) is 7.58. The number of carboxylic acid groups (broad SMARTS) is 1. The highest BCUT2D eigenvalue weighted by Crippen LogP contribution is 2.38.